The number of hydrogen-bond acceptors (Lipinski definition) is 6. The fourth-order valence-electron chi connectivity index (χ4n) is 1.49. The van der Waals surface area contributed by atoms with Crippen LogP contribution in [0.1, 0.15) is 12.0 Å². The molecule has 1 aromatic carbocycles. The molecule has 0 heterocycles. The van der Waals surface area contributed by atoms with Gasteiger partial charge in [0.15, 0.2) is 11.5 Å². The van der Waals surface area contributed by atoms with E-state index in [-0.39, 0.29) is 11.5 Å². The second-order valence-corrected chi connectivity index (χ2v) is 4.23. The van der Waals surface area contributed by atoms with Gasteiger partial charge in [0.2, 0.25) is 0 Å². The fourth-order valence-corrected chi connectivity index (χ4v) is 1.49. The molecule has 0 aliphatic carbocycles. The van der Waals surface area contributed by atoms with Crippen molar-refractivity contribution in [2.45, 2.75) is 6.42 Å². The molecule has 22 heavy (non-hydrogen) atoms. The van der Waals surface area contributed by atoms with Gasteiger partial charge in [0.1, 0.15) is 0 Å². The monoisotopic (exact) mass is 309 g/mol. The van der Waals surface area contributed by atoms with Crippen LogP contribution in [0.25, 0.3) is 0 Å². The Bertz CT molecular complexity index is 545. The van der Waals surface area contributed by atoms with E-state index in [0.717, 1.165) is 0 Å². The number of rotatable bonds is 7. The van der Waals surface area contributed by atoms with Crippen molar-refractivity contribution in [1.82, 2.24) is 10.7 Å². The third-order valence-corrected chi connectivity index (χ3v) is 2.60. The van der Waals surface area contributed by atoms with E-state index in [0.29, 0.717) is 25.1 Å². The zero-order chi connectivity index (χ0) is 16.4. The van der Waals surface area contributed by atoms with E-state index in [1.165, 1.54) is 25.5 Å². The second kappa shape index (κ2) is 9.35. The van der Waals surface area contributed by atoms with Gasteiger partial charge in [-0.25, -0.2) is 5.43 Å². The van der Waals surface area contributed by atoms with Crippen LogP contribution in [-0.4, -0.2) is 50.5 Å². The summed E-state index contributed by atoms with van der Waals surface area (Å²) < 4.78 is 9.76. The van der Waals surface area contributed by atoms with Crippen molar-refractivity contribution < 1.29 is 24.2 Å². The Morgan fingerprint density at radius 3 is 2.77 bits per heavy atom. The first kappa shape index (κ1) is 17.4. The first-order valence-electron chi connectivity index (χ1n) is 6.55. The Labute approximate surface area is 128 Å². The quantitative estimate of drug-likeness (QED) is 0.284. The molecule has 2 amide bonds. The maximum Gasteiger partial charge on any atom is 0.329 e. The Morgan fingerprint density at radius 2 is 2.09 bits per heavy atom. The molecule has 0 aliphatic rings. The smallest absolute Gasteiger partial charge is 0.329 e. The summed E-state index contributed by atoms with van der Waals surface area (Å²) in [6.07, 6.45) is 1.95. The van der Waals surface area contributed by atoms with Crippen molar-refractivity contribution in [1.29, 1.82) is 0 Å². The molecule has 8 nitrogen and oxygen atoms in total. The summed E-state index contributed by atoms with van der Waals surface area (Å²) in [5, 5.41) is 15.5. The standard InChI is InChI=1S/C14H19N3O5/c1-21-7-3-6-15-13(19)14(20)17-16-9-10-4-5-11(18)12(8-10)22-2/h4-5,8-9,18H,3,6-7H2,1-2H3,(H,15,19)(H,17,20)/b16-9+. The number of methoxy groups -OCH3 is 2. The van der Waals surface area contributed by atoms with Gasteiger partial charge >= 0.3 is 11.8 Å². The highest BCUT2D eigenvalue weighted by atomic mass is 16.5. The second-order valence-electron chi connectivity index (χ2n) is 4.23. The van der Waals surface area contributed by atoms with Crippen LogP contribution in [0, 0.1) is 0 Å². The molecule has 0 bridgehead atoms. The average Bonchev–Trinajstić information content (AvgIpc) is 2.52. The first-order valence-corrected chi connectivity index (χ1v) is 6.55. The number of nitrogens with one attached hydrogen (secondary N) is 2. The number of hydrogen-bond donors (Lipinski definition) is 3. The third kappa shape index (κ3) is 5.80. The van der Waals surface area contributed by atoms with Crippen molar-refractivity contribution in [3.63, 3.8) is 0 Å². The van der Waals surface area contributed by atoms with Crippen LogP contribution in [0.5, 0.6) is 11.5 Å². The molecular weight excluding hydrogens is 290 g/mol. The van der Waals surface area contributed by atoms with Gasteiger partial charge in [0.25, 0.3) is 0 Å². The first-order chi connectivity index (χ1) is 10.6. The number of hydrazone groups is 1. The fraction of sp³-hybridized carbons (Fsp3) is 0.357. The van der Waals surface area contributed by atoms with Gasteiger partial charge in [-0.15, -0.1) is 0 Å². The molecule has 0 aromatic heterocycles. The van der Waals surface area contributed by atoms with Crippen LogP contribution in [0.15, 0.2) is 23.3 Å². The largest absolute Gasteiger partial charge is 0.504 e. The summed E-state index contributed by atoms with van der Waals surface area (Å²) in [5.74, 6) is -1.35. The van der Waals surface area contributed by atoms with Crippen LogP contribution in [0.3, 0.4) is 0 Å². The molecule has 0 spiro atoms. The van der Waals surface area contributed by atoms with Crippen molar-refractivity contribution in [2.75, 3.05) is 27.4 Å². The lowest BCUT2D eigenvalue weighted by Crippen LogP contribution is -2.38. The number of carbonyl (C=O) groups is 2. The highest BCUT2D eigenvalue weighted by Gasteiger charge is 2.11. The average molecular weight is 309 g/mol. The van der Waals surface area contributed by atoms with Crippen LogP contribution in [0.4, 0.5) is 0 Å². The molecular formula is C14H19N3O5. The van der Waals surface area contributed by atoms with Crippen LogP contribution >= 0.6 is 0 Å². The highest BCUT2D eigenvalue weighted by Crippen LogP contribution is 2.25. The number of nitrogens with zero attached hydrogens (tertiary/aromatic N) is 1. The zero-order valence-electron chi connectivity index (χ0n) is 12.5. The predicted molar refractivity (Wildman–Crippen MR) is 79.9 cm³/mol. The molecule has 0 fully saturated rings. The summed E-state index contributed by atoms with van der Waals surface area (Å²) in [5.41, 5.74) is 2.70. The Kier molecular flexibility index (Phi) is 7.41. The number of aromatic hydroxyl groups is 1. The summed E-state index contributed by atoms with van der Waals surface area (Å²) in [6, 6.07) is 4.55. The predicted octanol–water partition coefficient (Wildman–Crippen LogP) is 0.00360. The van der Waals surface area contributed by atoms with E-state index >= 15 is 0 Å². The summed E-state index contributed by atoms with van der Waals surface area (Å²) in [7, 11) is 2.98. The van der Waals surface area contributed by atoms with Crippen molar-refractivity contribution >= 4 is 18.0 Å². The van der Waals surface area contributed by atoms with Crippen molar-refractivity contribution in [2.24, 2.45) is 5.10 Å². The third-order valence-electron chi connectivity index (χ3n) is 2.60. The van der Waals surface area contributed by atoms with Gasteiger partial charge < -0.3 is 19.9 Å². The number of phenolic OH excluding ortho intramolecular Hbond substituents is 1. The minimum Gasteiger partial charge on any atom is -0.504 e. The molecule has 0 aliphatic heterocycles. The number of ether oxygens (including phenoxy) is 2. The van der Waals surface area contributed by atoms with E-state index in [2.05, 4.69) is 15.8 Å². The van der Waals surface area contributed by atoms with Gasteiger partial charge in [-0.2, -0.15) is 5.10 Å². The molecule has 8 heteroatoms. The lowest BCUT2D eigenvalue weighted by molar-refractivity contribution is -0.139. The lowest BCUT2D eigenvalue weighted by Gasteiger charge is -2.04. The molecule has 0 radical (unpaired) electrons. The van der Waals surface area contributed by atoms with Gasteiger partial charge in [-0.05, 0) is 30.2 Å². The minimum absolute atomic E-state index is 0.000813. The van der Waals surface area contributed by atoms with Gasteiger partial charge in [-0.1, -0.05) is 0 Å². The zero-order valence-corrected chi connectivity index (χ0v) is 12.5. The molecule has 0 saturated carbocycles. The van der Waals surface area contributed by atoms with Gasteiger partial charge in [0.05, 0.1) is 13.3 Å². The lowest BCUT2D eigenvalue weighted by atomic mass is 10.2. The van der Waals surface area contributed by atoms with E-state index < -0.39 is 11.8 Å². The van der Waals surface area contributed by atoms with E-state index in [9.17, 15) is 14.7 Å². The van der Waals surface area contributed by atoms with Crippen molar-refractivity contribution in [3.05, 3.63) is 23.8 Å². The van der Waals surface area contributed by atoms with Gasteiger partial charge in [0, 0.05) is 20.3 Å². The molecule has 0 atom stereocenters. The number of phenols is 1. The highest BCUT2D eigenvalue weighted by molar-refractivity contribution is 6.35. The molecule has 1 rings (SSSR count). The number of carbonyl (C=O) groups excluding carboxylic acids is 2. The number of benzene rings is 1. The molecule has 0 unspecified atom stereocenters. The van der Waals surface area contributed by atoms with Crippen LogP contribution < -0.4 is 15.5 Å². The molecule has 0 saturated heterocycles. The summed E-state index contributed by atoms with van der Waals surface area (Å²) >= 11 is 0. The van der Waals surface area contributed by atoms with E-state index in [1.807, 2.05) is 0 Å². The van der Waals surface area contributed by atoms with Gasteiger partial charge in [-0.3, -0.25) is 9.59 Å². The number of amides is 2. The Balaban J connectivity index is 2.44. The van der Waals surface area contributed by atoms with E-state index in [4.69, 9.17) is 9.47 Å². The van der Waals surface area contributed by atoms with Crippen molar-refractivity contribution in [3.8, 4) is 11.5 Å². The summed E-state index contributed by atoms with van der Waals surface area (Å²) in [6.45, 7) is 0.849. The van der Waals surface area contributed by atoms with Crippen LogP contribution in [-0.2, 0) is 14.3 Å². The topological polar surface area (TPSA) is 109 Å². The maximum atomic E-state index is 11.4. The Morgan fingerprint density at radius 1 is 1.32 bits per heavy atom. The minimum atomic E-state index is -0.862. The SMILES string of the molecule is COCCCNC(=O)C(=O)N/N=C/c1ccc(O)c(OC)c1. The molecule has 120 valence electrons. The maximum absolute atomic E-state index is 11.4. The molecule has 3 N–H and O–H groups in total. The van der Waals surface area contributed by atoms with Crippen LogP contribution in [0.2, 0.25) is 0 Å². The molecule has 1 aromatic rings. The van der Waals surface area contributed by atoms with E-state index in [1.54, 1.807) is 13.2 Å². The summed E-state index contributed by atoms with van der Waals surface area (Å²) in [4.78, 5) is 22.8. The Hall–Kier alpha value is -2.61. The normalized spacial score (nSPS) is 10.5.